The molecule has 0 spiro atoms. The number of isothiocyanates is 1. The van der Waals surface area contributed by atoms with Gasteiger partial charge in [-0.25, -0.2) is 37.3 Å². The van der Waals surface area contributed by atoms with Gasteiger partial charge in [0.05, 0.1) is 56.2 Å². The predicted octanol–water partition coefficient (Wildman–Crippen LogP) is 6.67. The maximum atomic E-state index is 14.6. The fourth-order valence-corrected chi connectivity index (χ4v) is 6.65. The molecule has 65 heavy (non-hydrogen) atoms. The molecule has 0 saturated carbocycles. The van der Waals surface area contributed by atoms with Gasteiger partial charge < -0.3 is 9.84 Å². The molecule has 1 saturated heterocycles. The number of esters is 1. The van der Waals surface area contributed by atoms with E-state index in [0.29, 0.717) is 12.7 Å². The Balaban J connectivity index is 0.000000306. The van der Waals surface area contributed by atoms with E-state index in [2.05, 4.69) is 26.9 Å². The van der Waals surface area contributed by atoms with Crippen LogP contribution in [-0.4, -0.2) is 74.9 Å². The number of amides is 1. The smallest absolute Gasteiger partial charge is 0.431 e. The van der Waals surface area contributed by atoms with E-state index in [4.69, 9.17) is 23.2 Å². The average Bonchev–Trinajstić information content (AvgIpc) is 3.56. The quantitative estimate of drug-likeness (QED) is 0.0857. The van der Waals surface area contributed by atoms with Gasteiger partial charge in [-0.2, -0.15) is 31.3 Å². The first-order valence-corrected chi connectivity index (χ1v) is 19.9. The maximum Gasteiger partial charge on any atom is 0.431 e. The fraction of sp³-hybridized carbons (Fsp3) is 0.324. The Bertz CT molecular complexity index is 2870. The van der Waals surface area contributed by atoms with Crippen LogP contribution >= 0.6 is 47.2 Å². The van der Waals surface area contributed by atoms with Crippen LogP contribution in [0.15, 0.2) is 65.6 Å². The Morgan fingerprint density at radius 2 is 1.25 bits per heavy atom. The highest BCUT2D eigenvalue weighted by Crippen LogP contribution is 2.34. The molecule has 1 unspecified atom stereocenters. The molecule has 28 heteroatoms. The van der Waals surface area contributed by atoms with Crippen molar-refractivity contribution in [3.8, 4) is 11.4 Å². The number of nitrogens with zero attached hydrogens (tertiary/aromatic N) is 7. The van der Waals surface area contributed by atoms with Crippen LogP contribution in [0.5, 0.6) is 0 Å². The molecule has 0 radical (unpaired) electrons. The van der Waals surface area contributed by atoms with E-state index in [0.717, 1.165) is 49.0 Å². The van der Waals surface area contributed by atoms with Crippen molar-refractivity contribution in [2.45, 2.75) is 46.1 Å². The fourth-order valence-electron chi connectivity index (χ4n) is 5.22. The summed E-state index contributed by atoms with van der Waals surface area (Å²) in [5.74, 6) is -4.40. The summed E-state index contributed by atoms with van der Waals surface area (Å²) in [5, 5.41) is 10.6. The zero-order chi connectivity index (χ0) is 49.6. The number of aliphatic carboxylic acids is 1. The van der Waals surface area contributed by atoms with Gasteiger partial charge in [-0.3, -0.25) is 33.2 Å². The van der Waals surface area contributed by atoms with Crippen molar-refractivity contribution in [2.75, 3.05) is 12.4 Å². The number of halogens is 10. The van der Waals surface area contributed by atoms with E-state index < -0.39 is 87.2 Å². The molecule has 1 amide bonds. The number of thiocarbonyl (C=S) groups is 1. The summed E-state index contributed by atoms with van der Waals surface area (Å²) in [6.45, 7) is 7.16. The highest BCUT2D eigenvalue weighted by molar-refractivity contribution is 8.15. The zero-order valence-corrected chi connectivity index (χ0v) is 37.1. The number of thioether (sulfide) groups is 1. The number of rotatable bonds is 8. The highest BCUT2D eigenvalue weighted by Gasteiger charge is 2.38. The van der Waals surface area contributed by atoms with Crippen molar-refractivity contribution in [3.05, 3.63) is 111 Å². The second kappa shape index (κ2) is 21.4. The number of aromatic nitrogens is 4. The van der Waals surface area contributed by atoms with E-state index in [1.807, 2.05) is 19.0 Å². The molecule has 1 aliphatic heterocycles. The third-order valence-electron chi connectivity index (χ3n) is 8.42. The second-order valence-corrected chi connectivity index (χ2v) is 15.1. The van der Waals surface area contributed by atoms with Crippen LogP contribution in [-0.2, 0) is 45.6 Å². The van der Waals surface area contributed by atoms with Crippen molar-refractivity contribution in [1.29, 1.82) is 0 Å². The lowest BCUT2D eigenvalue weighted by molar-refractivity contribution is -0.147. The summed E-state index contributed by atoms with van der Waals surface area (Å²) < 4.78 is 112. The molecule has 1 N–H and O–H groups in total. The van der Waals surface area contributed by atoms with Gasteiger partial charge in [0.15, 0.2) is 5.17 Å². The minimum atomic E-state index is -5.00. The summed E-state index contributed by atoms with van der Waals surface area (Å²) in [4.78, 5) is 91.2. The SMILES string of the molecule is CC(C(=O)O)N1C(=O)CSC1=Nc1cc(-n2c(=O)cc(C(F)(F)F)n(C)c2=O)c(F)cc1Cl.CCOC(=O)C(C)C.Cn1c(C(F)(F)F)cc(=O)n(-c2cc(N=C=S)c(Cl)cc2F)c1=O. The molecule has 350 valence electrons. The van der Waals surface area contributed by atoms with Gasteiger partial charge in [0, 0.05) is 26.2 Å². The first-order chi connectivity index (χ1) is 30.0. The number of benzene rings is 2. The van der Waals surface area contributed by atoms with Crippen LogP contribution < -0.4 is 22.5 Å². The monoisotopic (exact) mass is 1000 g/mol. The Labute approximate surface area is 379 Å². The van der Waals surface area contributed by atoms with Gasteiger partial charge in [0.25, 0.3) is 11.1 Å². The Kier molecular flexibility index (Phi) is 17.5. The van der Waals surface area contributed by atoms with Crippen LogP contribution in [0, 0.1) is 17.6 Å². The lowest BCUT2D eigenvalue weighted by atomic mass is 10.2. The normalized spacial score (nSPS) is 13.7. The van der Waals surface area contributed by atoms with Crippen molar-refractivity contribution < 1.29 is 59.4 Å². The molecule has 4 aromatic rings. The number of aliphatic imine (C=N–C) groups is 2. The molecule has 16 nitrogen and oxygen atoms in total. The van der Waals surface area contributed by atoms with Gasteiger partial charge in [0.1, 0.15) is 29.1 Å². The third-order valence-corrected chi connectivity index (χ3v) is 10.1. The first kappa shape index (κ1) is 53.4. The largest absolute Gasteiger partial charge is 0.480 e. The second-order valence-electron chi connectivity index (χ2n) is 13.2. The van der Waals surface area contributed by atoms with E-state index in [1.165, 1.54) is 6.92 Å². The lowest BCUT2D eigenvalue weighted by Crippen LogP contribution is -2.42. The van der Waals surface area contributed by atoms with Gasteiger partial charge in [-0.05, 0) is 50.3 Å². The van der Waals surface area contributed by atoms with Crippen molar-refractivity contribution in [3.63, 3.8) is 0 Å². The lowest BCUT2D eigenvalue weighted by Gasteiger charge is -2.20. The number of carbonyl (C=O) groups is 3. The van der Waals surface area contributed by atoms with Crippen LogP contribution in [0.25, 0.3) is 11.4 Å². The van der Waals surface area contributed by atoms with E-state index >= 15 is 0 Å². The van der Waals surface area contributed by atoms with Crippen LogP contribution in [0.1, 0.15) is 39.1 Å². The summed E-state index contributed by atoms with van der Waals surface area (Å²) >= 11 is 17.0. The predicted molar refractivity (Wildman–Crippen MR) is 224 cm³/mol. The van der Waals surface area contributed by atoms with Crippen LogP contribution in [0.4, 0.5) is 46.5 Å². The van der Waals surface area contributed by atoms with Crippen LogP contribution in [0.2, 0.25) is 10.0 Å². The molecule has 3 heterocycles. The summed E-state index contributed by atoms with van der Waals surface area (Å²) in [6.07, 6.45) is -9.92. The topological polar surface area (TPSA) is 197 Å². The van der Waals surface area contributed by atoms with E-state index in [1.54, 1.807) is 6.92 Å². The summed E-state index contributed by atoms with van der Waals surface area (Å²) in [6, 6.07) is 2.24. The molecular weight excluding hydrogens is 973 g/mol. The third kappa shape index (κ3) is 12.4. The maximum absolute atomic E-state index is 14.6. The van der Waals surface area contributed by atoms with Crippen molar-refractivity contribution >= 4 is 86.7 Å². The molecule has 2 aromatic heterocycles. The van der Waals surface area contributed by atoms with Gasteiger partial charge in [0.2, 0.25) is 5.91 Å². The van der Waals surface area contributed by atoms with Crippen molar-refractivity contribution in [2.24, 2.45) is 30.0 Å². The van der Waals surface area contributed by atoms with Crippen molar-refractivity contribution in [1.82, 2.24) is 23.2 Å². The number of hydrogen-bond acceptors (Lipinski definition) is 12. The van der Waals surface area contributed by atoms with Gasteiger partial charge >= 0.3 is 35.7 Å². The average molecular weight is 1000 g/mol. The summed E-state index contributed by atoms with van der Waals surface area (Å²) in [7, 11) is 1.58. The van der Waals surface area contributed by atoms with Crippen LogP contribution in [0.3, 0.4) is 0 Å². The minimum Gasteiger partial charge on any atom is -0.480 e. The number of carbonyl (C=O) groups excluding carboxylic acids is 2. The molecule has 1 atom stereocenters. The zero-order valence-electron chi connectivity index (χ0n) is 34.0. The minimum absolute atomic E-state index is 0.00921. The number of hydrogen-bond donors (Lipinski definition) is 1. The standard InChI is InChI=1S/C18H13ClF4N4O5S.C13H6ClF4N3O2S.C6H12O2/c1-7(15(30)31)26-14(29)6-33-16(26)24-10-4-11(9(20)3-8(10)19)27-13(28)5-12(18(21,22)23)25(2)17(27)32;1-20-10(13(16,17)18)4-11(22)21(12(20)23)9-3-8(19-5-24)6(14)2-7(9)15;1-4-8-6(7)5(2)3/h3-5,7H,6H2,1-2H3,(H,30,31);2-4H,1H3;5H,4H2,1-3H3. The Morgan fingerprint density at radius 3 is 1.62 bits per heavy atom. The van der Waals surface area contributed by atoms with Gasteiger partial charge in [-0.15, -0.1) is 0 Å². The summed E-state index contributed by atoms with van der Waals surface area (Å²) in [5.41, 5.74) is -10.3. The molecule has 1 fully saturated rings. The number of amidine groups is 1. The number of alkyl halides is 6. The molecular formula is C37H31Cl2F8N7O9S2. The number of carboxylic acids is 1. The molecule has 1 aliphatic rings. The molecule has 5 rings (SSSR count). The first-order valence-electron chi connectivity index (χ1n) is 17.8. The van der Waals surface area contributed by atoms with E-state index in [-0.39, 0.29) is 74.6 Å². The van der Waals surface area contributed by atoms with E-state index in [9.17, 15) is 73.8 Å². The molecule has 0 bridgehead atoms. The number of ether oxygens (including phenoxy) is 1. The molecule has 0 aliphatic carbocycles. The van der Waals surface area contributed by atoms with Gasteiger partial charge in [-0.1, -0.05) is 48.8 Å². The highest BCUT2D eigenvalue weighted by atomic mass is 35.5. The Hall–Kier alpha value is -5.95. The molecule has 2 aromatic carbocycles. The Morgan fingerprint density at radius 1 is 0.815 bits per heavy atom. The number of carboxylic acid groups (broad SMARTS) is 1.